The van der Waals surface area contributed by atoms with Crippen molar-refractivity contribution in [2.24, 2.45) is 0 Å². The molecule has 1 aliphatic rings. The largest absolute Gasteiger partial charge is 0.459 e. The molecule has 2 aromatic carbocycles. The minimum atomic E-state index is -3.80. The Hall–Kier alpha value is -2.18. The molecule has 0 atom stereocenters. The van der Waals surface area contributed by atoms with Crippen LogP contribution in [-0.4, -0.2) is 15.0 Å². The van der Waals surface area contributed by atoms with Crippen LogP contribution in [0.15, 0.2) is 56.7 Å². The number of halogens is 1. The van der Waals surface area contributed by atoms with Gasteiger partial charge in [-0.15, -0.1) is 0 Å². The number of nitrogens with one attached hydrogen (secondary N) is 1. The Morgan fingerprint density at radius 3 is 2.64 bits per heavy atom. The molecule has 0 fully saturated rings. The van der Waals surface area contributed by atoms with Gasteiger partial charge in [0.05, 0.1) is 16.3 Å². The van der Waals surface area contributed by atoms with E-state index in [1.54, 1.807) is 12.1 Å². The maximum atomic E-state index is 13.4. The molecule has 4 rings (SSSR count). The lowest BCUT2D eigenvalue weighted by Gasteiger charge is -2.29. The number of fused-ring (bicyclic) bond motifs is 3. The molecule has 2 heterocycles. The smallest absolute Gasteiger partial charge is 0.206 e. The van der Waals surface area contributed by atoms with Crippen LogP contribution < -0.4 is 5.32 Å². The van der Waals surface area contributed by atoms with E-state index >= 15 is 0 Å². The Kier molecular flexibility index (Phi) is 3.53. The summed E-state index contributed by atoms with van der Waals surface area (Å²) in [6, 6.07) is 9.91. The summed E-state index contributed by atoms with van der Waals surface area (Å²) in [6.07, 6.45) is 0. The van der Waals surface area contributed by atoms with Gasteiger partial charge in [-0.05, 0) is 30.3 Å². The molecule has 25 heavy (non-hydrogen) atoms. The first kappa shape index (κ1) is 16.3. The van der Waals surface area contributed by atoms with E-state index in [-0.39, 0.29) is 15.2 Å². The van der Waals surface area contributed by atoms with E-state index in [1.807, 2.05) is 0 Å². The van der Waals surface area contributed by atoms with Crippen molar-refractivity contribution in [2.45, 2.75) is 35.6 Å². The molecule has 4 nitrogen and oxygen atoms in total. The average molecular weight is 359 g/mol. The molecule has 0 aliphatic carbocycles. The van der Waals surface area contributed by atoms with Crippen molar-refractivity contribution in [3.63, 3.8) is 0 Å². The van der Waals surface area contributed by atoms with Crippen LogP contribution >= 0.6 is 0 Å². The predicted molar refractivity (Wildman–Crippen MR) is 92.8 cm³/mol. The van der Waals surface area contributed by atoms with E-state index in [4.69, 9.17) is 4.42 Å². The molecular formula is C19H18FNO3S. The van der Waals surface area contributed by atoms with Gasteiger partial charge in [-0.3, -0.25) is 0 Å². The molecule has 0 saturated carbocycles. The fourth-order valence-electron chi connectivity index (χ4n) is 3.51. The van der Waals surface area contributed by atoms with Gasteiger partial charge in [-0.25, -0.2) is 12.8 Å². The summed E-state index contributed by atoms with van der Waals surface area (Å²) in [4.78, 5) is 0.0348. The van der Waals surface area contributed by atoms with Crippen molar-refractivity contribution in [2.75, 3.05) is 6.54 Å². The molecule has 3 aromatic rings. The highest BCUT2D eigenvalue weighted by Gasteiger charge is 2.33. The second kappa shape index (κ2) is 5.41. The summed E-state index contributed by atoms with van der Waals surface area (Å²) < 4.78 is 44.9. The van der Waals surface area contributed by atoms with Crippen molar-refractivity contribution in [3.05, 3.63) is 59.6 Å². The highest BCUT2D eigenvalue weighted by Crippen LogP contribution is 2.39. The normalized spacial score (nSPS) is 16.8. The third-order valence-corrected chi connectivity index (χ3v) is 6.43. The fraction of sp³-hybridized carbons (Fsp3) is 0.263. The molecule has 1 aromatic heterocycles. The maximum absolute atomic E-state index is 13.4. The zero-order chi connectivity index (χ0) is 17.8. The van der Waals surface area contributed by atoms with Gasteiger partial charge < -0.3 is 9.73 Å². The van der Waals surface area contributed by atoms with Crippen molar-refractivity contribution < 1.29 is 17.2 Å². The van der Waals surface area contributed by atoms with Gasteiger partial charge in [0, 0.05) is 29.0 Å². The average Bonchev–Trinajstić information content (AvgIpc) is 2.93. The predicted octanol–water partition coefficient (Wildman–Crippen LogP) is 3.79. The molecule has 1 aliphatic heterocycles. The maximum Gasteiger partial charge on any atom is 0.206 e. The van der Waals surface area contributed by atoms with Crippen LogP contribution in [0.5, 0.6) is 0 Å². The number of furan rings is 1. The quantitative estimate of drug-likeness (QED) is 0.756. The second-order valence-electron chi connectivity index (χ2n) is 7.01. The van der Waals surface area contributed by atoms with Gasteiger partial charge in [0.2, 0.25) is 9.84 Å². The van der Waals surface area contributed by atoms with Crippen LogP contribution in [0.1, 0.15) is 25.2 Å². The van der Waals surface area contributed by atoms with Gasteiger partial charge in [-0.2, -0.15) is 0 Å². The van der Waals surface area contributed by atoms with E-state index < -0.39 is 15.7 Å². The van der Waals surface area contributed by atoms with E-state index in [9.17, 15) is 12.8 Å². The Labute approximate surface area is 145 Å². The molecule has 0 amide bonds. The first-order valence-corrected chi connectivity index (χ1v) is 9.55. The number of benzene rings is 2. The van der Waals surface area contributed by atoms with Crippen LogP contribution in [0.25, 0.3) is 11.0 Å². The van der Waals surface area contributed by atoms with Gasteiger partial charge in [0.15, 0.2) is 0 Å². The minimum Gasteiger partial charge on any atom is -0.459 e. The Balaban J connectivity index is 1.88. The SMILES string of the molecule is CC1(C)CNCc2oc3cc(S(=O)(=O)c4cccc(F)c4)ccc3c21. The van der Waals surface area contributed by atoms with E-state index in [0.29, 0.717) is 12.1 Å². The summed E-state index contributed by atoms with van der Waals surface area (Å²) in [5, 5.41) is 4.25. The molecule has 130 valence electrons. The monoisotopic (exact) mass is 359 g/mol. The molecule has 0 spiro atoms. The van der Waals surface area contributed by atoms with Crippen molar-refractivity contribution in [1.82, 2.24) is 5.32 Å². The second-order valence-corrected chi connectivity index (χ2v) is 8.96. The molecule has 0 unspecified atom stereocenters. The van der Waals surface area contributed by atoms with Crippen LogP contribution in [0.3, 0.4) is 0 Å². The molecule has 6 heteroatoms. The first-order valence-electron chi connectivity index (χ1n) is 8.06. The summed E-state index contributed by atoms with van der Waals surface area (Å²) in [7, 11) is -3.80. The lowest BCUT2D eigenvalue weighted by molar-refractivity contribution is 0.391. The highest BCUT2D eigenvalue weighted by molar-refractivity contribution is 7.91. The highest BCUT2D eigenvalue weighted by atomic mass is 32.2. The van der Waals surface area contributed by atoms with Crippen LogP contribution in [-0.2, 0) is 21.8 Å². The van der Waals surface area contributed by atoms with Gasteiger partial charge in [-0.1, -0.05) is 19.9 Å². The summed E-state index contributed by atoms with van der Waals surface area (Å²) >= 11 is 0. The Morgan fingerprint density at radius 2 is 1.88 bits per heavy atom. The molecule has 1 N–H and O–H groups in total. The van der Waals surface area contributed by atoms with E-state index in [0.717, 1.165) is 29.3 Å². The van der Waals surface area contributed by atoms with E-state index in [2.05, 4.69) is 19.2 Å². The number of hydrogen-bond acceptors (Lipinski definition) is 4. The van der Waals surface area contributed by atoms with Crippen molar-refractivity contribution in [3.8, 4) is 0 Å². The van der Waals surface area contributed by atoms with Crippen LogP contribution in [0, 0.1) is 5.82 Å². The summed E-state index contributed by atoms with van der Waals surface area (Å²) in [5.74, 6) is 0.259. The summed E-state index contributed by atoms with van der Waals surface area (Å²) in [6.45, 7) is 5.71. The molecule has 0 radical (unpaired) electrons. The van der Waals surface area contributed by atoms with Crippen molar-refractivity contribution in [1.29, 1.82) is 0 Å². The molecular weight excluding hydrogens is 341 g/mol. The van der Waals surface area contributed by atoms with Gasteiger partial charge >= 0.3 is 0 Å². The zero-order valence-electron chi connectivity index (χ0n) is 14.0. The van der Waals surface area contributed by atoms with Gasteiger partial charge in [0.1, 0.15) is 17.2 Å². The summed E-state index contributed by atoms with van der Waals surface area (Å²) in [5.41, 5.74) is 1.57. The van der Waals surface area contributed by atoms with Crippen LogP contribution in [0.4, 0.5) is 4.39 Å². The standard InChI is InChI=1S/C19H18FNO3S/c1-19(2)11-21-10-17-18(19)15-7-6-14(9-16(15)24-17)25(22,23)13-5-3-4-12(20)8-13/h3-9,21H,10-11H2,1-2H3. The van der Waals surface area contributed by atoms with Crippen molar-refractivity contribution >= 4 is 20.8 Å². The Morgan fingerprint density at radius 1 is 1.12 bits per heavy atom. The van der Waals surface area contributed by atoms with Gasteiger partial charge in [0.25, 0.3) is 0 Å². The lowest BCUT2D eigenvalue weighted by Crippen LogP contribution is -2.37. The first-order chi connectivity index (χ1) is 11.8. The minimum absolute atomic E-state index is 0.0647. The molecule has 0 bridgehead atoms. The topological polar surface area (TPSA) is 59.3 Å². The fourth-order valence-corrected chi connectivity index (χ4v) is 4.82. The number of rotatable bonds is 2. The Bertz CT molecular complexity index is 1080. The third-order valence-electron chi connectivity index (χ3n) is 4.68. The molecule has 0 saturated heterocycles. The third kappa shape index (κ3) is 2.56. The lowest BCUT2D eigenvalue weighted by atomic mass is 9.80. The number of hydrogen-bond donors (Lipinski definition) is 1. The van der Waals surface area contributed by atoms with E-state index in [1.165, 1.54) is 24.3 Å². The number of sulfone groups is 1. The zero-order valence-corrected chi connectivity index (χ0v) is 14.8. The van der Waals surface area contributed by atoms with Crippen LogP contribution in [0.2, 0.25) is 0 Å².